The molecule has 0 aromatic carbocycles. The summed E-state index contributed by atoms with van der Waals surface area (Å²) in [5, 5.41) is 22.5. The molecule has 3 aromatic rings. The molecule has 0 fully saturated rings. The maximum atomic E-state index is 12.2. The van der Waals surface area contributed by atoms with Crippen molar-refractivity contribution in [2.75, 3.05) is 11.6 Å². The Labute approximate surface area is 138 Å². The Balaban J connectivity index is 1.81. The number of rotatable bonds is 4. The molecule has 3 heterocycles. The number of nitrogens with zero attached hydrogens (tertiary/aromatic N) is 4. The van der Waals surface area contributed by atoms with Crippen molar-refractivity contribution >= 4 is 23.4 Å². The van der Waals surface area contributed by atoms with E-state index in [1.165, 1.54) is 6.20 Å². The van der Waals surface area contributed by atoms with Gasteiger partial charge in [-0.2, -0.15) is 4.98 Å². The van der Waals surface area contributed by atoms with Crippen LogP contribution in [-0.4, -0.2) is 47.6 Å². The van der Waals surface area contributed by atoms with Gasteiger partial charge in [0.15, 0.2) is 10.7 Å². The fourth-order valence-electron chi connectivity index (χ4n) is 1.88. The lowest BCUT2D eigenvalue weighted by Gasteiger charge is -2.06. The Bertz CT molecular complexity index is 922. The van der Waals surface area contributed by atoms with Crippen LogP contribution in [0.5, 0.6) is 5.88 Å². The van der Waals surface area contributed by atoms with Crippen molar-refractivity contribution in [2.45, 2.75) is 5.16 Å². The summed E-state index contributed by atoms with van der Waals surface area (Å²) in [4.78, 5) is 34.3. The van der Waals surface area contributed by atoms with Crippen molar-refractivity contribution in [3.8, 4) is 17.3 Å². The monoisotopic (exact) mass is 345 g/mol. The van der Waals surface area contributed by atoms with Gasteiger partial charge in [-0.15, -0.1) is 5.10 Å². The van der Waals surface area contributed by atoms with Crippen LogP contribution < -0.4 is 10.9 Å². The molecule has 4 N–H and O–H groups in total. The van der Waals surface area contributed by atoms with E-state index in [2.05, 4.69) is 35.7 Å². The number of pyridine rings is 1. The molecule has 0 bridgehead atoms. The molecule has 1 amide bonds. The van der Waals surface area contributed by atoms with E-state index in [0.29, 0.717) is 17.1 Å². The number of carbonyl (C=O) groups is 1. The van der Waals surface area contributed by atoms with Crippen LogP contribution >= 0.6 is 11.8 Å². The van der Waals surface area contributed by atoms with Gasteiger partial charge in [0.25, 0.3) is 11.5 Å². The first-order valence-electron chi connectivity index (χ1n) is 6.60. The highest BCUT2D eigenvalue weighted by Gasteiger charge is 2.19. The molecule has 122 valence electrons. The largest absolute Gasteiger partial charge is 0.493 e. The van der Waals surface area contributed by atoms with Crippen molar-refractivity contribution < 1.29 is 9.90 Å². The van der Waals surface area contributed by atoms with Gasteiger partial charge in [-0.25, -0.2) is 0 Å². The molecule has 3 rings (SSSR count). The van der Waals surface area contributed by atoms with Crippen LogP contribution in [0.15, 0.2) is 34.5 Å². The molecule has 0 atom stereocenters. The van der Waals surface area contributed by atoms with Gasteiger partial charge in [0.2, 0.25) is 5.88 Å². The van der Waals surface area contributed by atoms with Crippen molar-refractivity contribution in [1.82, 2.24) is 30.4 Å². The van der Waals surface area contributed by atoms with Crippen LogP contribution in [0.1, 0.15) is 10.4 Å². The van der Waals surface area contributed by atoms with Crippen LogP contribution in [0.2, 0.25) is 0 Å². The highest BCUT2D eigenvalue weighted by atomic mass is 32.2. The Morgan fingerprint density at radius 1 is 1.33 bits per heavy atom. The highest BCUT2D eigenvalue weighted by Crippen LogP contribution is 2.17. The number of anilines is 1. The summed E-state index contributed by atoms with van der Waals surface area (Å²) in [7, 11) is 0. The van der Waals surface area contributed by atoms with Crippen molar-refractivity contribution in [1.29, 1.82) is 0 Å². The zero-order valence-corrected chi connectivity index (χ0v) is 13.1. The van der Waals surface area contributed by atoms with E-state index in [-0.39, 0.29) is 5.16 Å². The summed E-state index contributed by atoms with van der Waals surface area (Å²) >= 11 is 1.14. The second kappa shape index (κ2) is 6.50. The molecule has 0 aliphatic carbocycles. The number of carbonyl (C=O) groups excluding carboxylic acids is 1. The van der Waals surface area contributed by atoms with E-state index >= 15 is 0 Å². The van der Waals surface area contributed by atoms with E-state index in [1.54, 1.807) is 24.6 Å². The third-order valence-corrected chi connectivity index (χ3v) is 3.58. The second-order valence-corrected chi connectivity index (χ2v) is 5.31. The van der Waals surface area contributed by atoms with Crippen molar-refractivity contribution in [3.63, 3.8) is 0 Å². The minimum absolute atomic E-state index is 0.215. The number of thioether (sulfide) groups is 1. The van der Waals surface area contributed by atoms with Crippen LogP contribution in [0.25, 0.3) is 11.4 Å². The van der Waals surface area contributed by atoms with Gasteiger partial charge in [0.05, 0.1) is 23.8 Å². The number of hydrogen-bond donors (Lipinski definition) is 4. The highest BCUT2D eigenvalue weighted by molar-refractivity contribution is 7.98. The van der Waals surface area contributed by atoms with Gasteiger partial charge in [-0.05, 0) is 18.4 Å². The number of aromatic amines is 2. The number of H-pyrrole nitrogens is 2. The second-order valence-electron chi connectivity index (χ2n) is 4.52. The Hall–Kier alpha value is -3.21. The van der Waals surface area contributed by atoms with Gasteiger partial charge in [0.1, 0.15) is 5.69 Å². The van der Waals surface area contributed by atoms with Crippen molar-refractivity contribution in [2.24, 2.45) is 0 Å². The number of nitrogens with one attached hydrogen (secondary N) is 3. The molecule has 0 saturated carbocycles. The molecule has 0 radical (unpaired) electrons. The van der Waals surface area contributed by atoms with Gasteiger partial charge < -0.3 is 15.4 Å². The van der Waals surface area contributed by atoms with Crippen LogP contribution in [0.4, 0.5) is 5.69 Å². The summed E-state index contributed by atoms with van der Waals surface area (Å²) in [6, 6.07) is 3.22. The van der Waals surface area contributed by atoms with Gasteiger partial charge in [0, 0.05) is 0 Å². The molecule has 0 unspecified atom stereocenters. The predicted molar refractivity (Wildman–Crippen MR) is 85.9 cm³/mol. The third-order valence-electron chi connectivity index (χ3n) is 3.00. The lowest BCUT2D eigenvalue weighted by Crippen LogP contribution is -2.24. The molecule has 24 heavy (non-hydrogen) atoms. The number of aromatic nitrogens is 6. The zero-order valence-electron chi connectivity index (χ0n) is 12.3. The molecular formula is C13H11N7O3S. The minimum Gasteiger partial charge on any atom is -0.493 e. The maximum Gasteiger partial charge on any atom is 0.268 e. The third kappa shape index (κ3) is 3.10. The fourth-order valence-corrected chi connectivity index (χ4v) is 2.25. The van der Waals surface area contributed by atoms with E-state index < -0.39 is 22.9 Å². The first kappa shape index (κ1) is 15.7. The van der Waals surface area contributed by atoms with E-state index in [1.807, 2.05) is 0 Å². The molecule has 0 aliphatic heterocycles. The maximum absolute atomic E-state index is 12.2. The summed E-state index contributed by atoms with van der Waals surface area (Å²) in [6.07, 6.45) is 4.66. The summed E-state index contributed by atoms with van der Waals surface area (Å²) in [5.74, 6) is -1.42. The number of amides is 1. The summed E-state index contributed by atoms with van der Waals surface area (Å²) in [6.45, 7) is 0. The fraction of sp³-hybridized carbons (Fsp3) is 0.0769. The molecule has 10 nitrogen and oxygen atoms in total. The smallest absolute Gasteiger partial charge is 0.268 e. The molecule has 11 heteroatoms. The molecule has 0 spiro atoms. The first-order valence-corrected chi connectivity index (χ1v) is 7.82. The van der Waals surface area contributed by atoms with E-state index in [4.69, 9.17) is 0 Å². The average Bonchev–Trinajstić information content (AvgIpc) is 3.09. The summed E-state index contributed by atoms with van der Waals surface area (Å²) < 4.78 is 0. The number of aromatic hydroxyl groups is 1. The average molecular weight is 345 g/mol. The van der Waals surface area contributed by atoms with Gasteiger partial charge in [-0.1, -0.05) is 17.0 Å². The Kier molecular flexibility index (Phi) is 4.24. The standard InChI is InChI=1S/C13H11N7O3S/c1-24-13-17-11(22)9(12(23)18-13)10(21)16-6-2-3-7(14-4-6)8-5-15-20-19-8/h2-5H,1H3,(H,16,21)(H,15,19,20)(H2,17,18,22,23). The molecule has 0 saturated heterocycles. The molecule has 0 aliphatic rings. The molecular weight excluding hydrogens is 334 g/mol. The van der Waals surface area contributed by atoms with E-state index in [0.717, 1.165) is 11.8 Å². The SMILES string of the molecule is CSc1nc(O)c(C(=O)Nc2ccc(-c3c[nH]nn3)nc2)c(=O)[nH]1. The van der Waals surface area contributed by atoms with Gasteiger partial charge >= 0.3 is 0 Å². The van der Waals surface area contributed by atoms with E-state index in [9.17, 15) is 14.7 Å². The lowest BCUT2D eigenvalue weighted by molar-refractivity contribution is 0.102. The predicted octanol–water partition coefficient (Wildman–Crippen LogP) is 0.630. The lowest BCUT2D eigenvalue weighted by atomic mass is 10.2. The van der Waals surface area contributed by atoms with Gasteiger partial charge in [-0.3, -0.25) is 19.7 Å². The molecule has 3 aromatic heterocycles. The Morgan fingerprint density at radius 2 is 2.17 bits per heavy atom. The van der Waals surface area contributed by atoms with Crippen molar-refractivity contribution in [3.05, 3.63) is 40.4 Å². The normalized spacial score (nSPS) is 10.5. The van der Waals surface area contributed by atoms with Crippen LogP contribution in [0, 0.1) is 0 Å². The van der Waals surface area contributed by atoms with Crippen LogP contribution in [-0.2, 0) is 0 Å². The quantitative estimate of drug-likeness (QED) is 0.397. The minimum atomic E-state index is -0.787. The Morgan fingerprint density at radius 3 is 2.75 bits per heavy atom. The topological polar surface area (TPSA) is 150 Å². The zero-order chi connectivity index (χ0) is 17.1. The summed E-state index contributed by atoms with van der Waals surface area (Å²) in [5.41, 5.74) is 0.275. The first-order chi connectivity index (χ1) is 11.6. The number of hydrogen-bond acceptors (Lipinski definition) is 8. The van der Waals surface area contributed by atoms with Crippen LogP contribution in [0.3, 0.4) is 0 Å².